The fourth-order valence-corrected chi connectivity index (χ4v) is 2.22. The van der Waals surface area contributed by atoms with E-state index in [1.54, 1.807) is 0 Å². The highest BCUT2D eigenvalue weighted by Crippen LogP contribution is 2.28. The van der Waals surface area contributed by atoms with Gasteiger partial charge in [0.15, 0.2) is 0 Å². The molecule has 1 heterocycles. The van der Waals surface area contributed by atoms with Gasteiger partial charge in [0.05, 0.1) is 6.26 Å². The van der Waals surface area contributed by atoms with Gasteiger partial charge >= 0.3 is 0 Å². The van der Waals surface area contributed by atoms with E-state index in [2.05, 4.69) is 36.2 Å². The first-order valence-corrected chi connectivity index (χ1v) is 6.46. The molecule has 18 heavy (non-hydrogen) atoms. The Morgan fingerprint density at radius 2 is 2.17 bits per heavy atom. The average molecular weight is 241 g/mol. The molecule has 0 bridgehead atoms. The van der Waals surface area contributed by atoms with Crippen LogP contribution < -0.4 is 5.32 Å². The lowest BCUT2D eigenvalue weighted by molar-refractivity contribution is 0.513. The second-order valence-corrected chi connectivity index (χ2v) is 4.26. The van der Waals surface area contributed by atoms with Crippen molar-refractivity contribution in [3.05, 3.63) is 36.1 Å². The molecule has 0 aliphatic carbocycles. The van der Waals surface area contributed by atoms with Crippen molar-refractivity contribution in [3.63, 3.8) is 0 Å². The van der Waals surface area contributed by atoms with Crippen LogP contribution in [-0.2, 0) is 0 Å². The Labute approximate surface area is 108 Å². The number of hydrogen-bond donors (Lipinski definition) is 1. The van der Waals surface area contributed by atoms with E-state index in [0.29, 0.717) is 6.04 Å². The highest BCUT2D eigenvalue weighted by atomic mass is 16.3. The molecule has 2 aromatic rings. The summed E-state index contributed by atoms with van der Waals surface area (Å²) in [5.74, 6) is 6.07. The van der Waals surface area contributed by atoms with Crippen LogP contribution in [0.4, 0.5) is 0 Å². The molecule has 1 N–H and O–H groups in total. The maximum absolute atomic E-state index is 5.61. The van der Waals surface area contributed by atoms with Crippen molar-refractivity contribution in [1.29, 1.82) is 0 Å². The Kier molecular flexibility index (Phi) is 4.44. The summed E-state index contributed by atoms with van der Waals surface area (Å²) in [6.07, 6.45) is 3.79. The van der Waals surface area contributed by atoms with Crippen molar-refractivity contribution in [3.8, 4) is 11.8 Å². The molecule has 0 radical (unpaired) electrons. The molecule has 0 spiro atoms. The zero-order valence-corrected chi connectivity index (χ0v) is 11.0. The van der Waals surface area contributed by atoms with Gasteiger partial charge in [-0.1, -0.05) is 25.1 Å². The molecule has 0 fully saturated rings. The number of fused-ring (bicyclic) bond motifs is 1. The fourth-order valence-electron chi connectivity index (χ4n) is 2.22. The van der Waals surface area contributed by atoms with Gasteiger partial charge in [0.1, 0.15) is 5.58 Å². The van der Waals surface area contributed by atoms with E-state index in [4.69, 9.17) is 4.42 Å². The Morgan fingerprint density at radius 3 is 2.94 bits per heavy atom. The molecule has 0 aliphatic heterocycles. The number of benzene rings is 1. The topological polar surface area (TPSA) is 25.2 Å². The number of rotatable bonds is 5. The van der Waals surface area contributed by atoms with Crippen LogP contribution in [-0.4, -0.2) is 6.54 Å². The van der Waals surface area contributed by atoms with Crippen LogP contribution in [0.3, 0.4) is 0 Å². The monoisotopic (exact) mass is 241 g/mol. The van der Waals surface area contributed by atoms with Crippen molar-refractivity contribution in [2.45, 2.75) is 32.7 Å². The number of furan rings is 1. The van der Waals surface area contributed by atoms with Gasteiger partial charge in [0.25, 0.3) is 0 Å². The molecule has 2 rings (SSSR count). The van der Waals surface area contributed by atoms with Gasteiger partial charge in [0, 0.05) is 23.4 Å². The molecule has 94 valence electrons. The highest BCUT2D eigenvalue weighted by Gasteiger charge is 2.15. The summed E-state index contributed by atoms with van der Waals surface area (Å²) in [6.45, 7) is 4.96. The van der Waals surface area contributed by atoms with Crippen LogP contribution in [0.5, 0.6) is 0 Å². The molecule has 1 aromatic carbocycles. The van der Waals surface area contributed by atoms with Gasteiger partial charge < -0.3 is 9.73 Å². The number of hydrogen-bond acceptors (Lipinski definition) is 2. The zero-order chi connectivity index (χ0) is 12.8. The minimum Gasteiger partial charge on any atom is -0.464 e. The maximum atomic E-state index is 5.61. The largest absolute Gasteiger partial charge is 0.464 e. The summed E-state index contributed by atoms with van der Waals surface area (Å²) in [7, 11) is 0. The molecular formula is C16H19NO. The quantitative estimate of drug-likeness (QED) is 0.803. The molecule has 1 unspecified atom stereocenters. The fraction of sp³-hybridized carbons (Fsp3) is 0.375. The molecule has 2 nitrogen and oxygen atoms in total. The van der Waals surface area contributed by atoms with Gasteiger partial charge in [-0.3, -0.25) is 0 Å². The van der Waals surface area contributed by atoms with Crippen LogP contribution >= 0.6 is 0 Å². The maximum Gasteiger partial charge on any atom is 0.134 e. The molecule has 0 aliphatic rings. The summed E-state index contributed by atoms with van der Waals surface area (Å²) in [5, 5.41) is 4.71. The first-order valence-electron chi connectivity index (χ1n) is 6.46. The zero-order valence-electron chi connectivity index (χ0n) is 11.0. The summed E-state index contributed by atoms with van der Waals surface area (Å²) >= 11 is 0. The predicted molar refractivity (Wildman–Crippen MR) is 75.3 cm³/mol. The van der Waals surface area contributed by atoms with Gasteiger partial charge in [-0.2, -0.15) is 0 Å². The SMILES string of the molecule is CC#CCCC(NCC)c1coc2ccccc12. The van der Waals surface area contributed by atoms with Gasteiger partial charge in [-0.25, -0.2) is 0 Å². The highest BCUT2D eigenvalue weighted by molar-refractivity contribution is 5.81. The summed E-state index contributed by atoms with van der Waals surface area (Å²) in [4.78, 5) is 0. The van der Waals surface area contributed by atoms with E-state index in [1.165, 1.54) is 10.9 Å². The van der Waals surface area contributed by atoms with Crippen LogP contribution in [0.25, 0.3) is 11.0 Å². The summed E-state index contributed by atoms with van der Waals surface area (Å²) in [5.41, 5.74) is 2.20. The van der Waals surface area contributed by atoms with E-state index in [9.17, 15) is 0 Å². The lowest BCUT2D eigenvalue weighted by Gasteiger charge is -2.15. The Bertz CT molecular complexity index is 559. The van der Waals surface area contributed by atoms with E-state index in [-0.39, 0.29) is 0 Å². The predicted octanol–water partition coefficient (Wildman–Crippen LogP) is 3.89. The average Bonchev–Trinajstić information content (AvgIpc) is 2.82. The smallest absolute Gasteiger partial charge is 0.134 e. The molecule has 0 amide bonds. The minimum atomic E-state index is 0.319. The lowest BCUT2D eigenvalue weighted by atomic mass is 10.0. The number of nitrogens with one attached hydrogen (secondary N) is 1. The second kappa shape index (κ2) is 6.28. The Hall–Kier alpha value is -1.72. The van der Waals surface area contributed by atoms with Gasteiger partial charge in [0.2, 0.25) is 0 Å². The standard InChI is InChI=1S/C16H19NO/c1-3-5-6-10-15(17-4-2)14-12-18-16-11-8-7-9-13(14)16/h7-9,11-12,15,17H,4,6,10H2,1-2H3. The number of para-hydroxylation sites is 1. The van der Waals surface area contributed by atoms with Gasteiger partial charge in [-0.15, -0.1) is 11.8 Å². The van der Waals surface area contributed by atoms with Crippen molar-refractivity contribution < 1.29 is 4.42 Å². The second-order valence-electron chi connectivity index (χ2n) is 4.26. The van der Waals surface area contributed by atoms with Crippen LogP contribution in [0, 0.1) is 11.8 Å². The van der Waals surface area contributed by atoms with Crippen molar-refractivity contribution in [2.24, 2.45) is 0 Å². The van der Waals surface area contributed by atoms with Crippen molar-refractivity contribution >= 4 is 11.0 Å². The molecule has 1 aromatic heterocycles. The third kappa shape index (κ3) is 2.75. The Balaban J connectivity index is 2.25. The molecule has 1 atom stereocenters. The third-order valence-corrected chi connectivity index (χ3v) is 3.07. The van der Waals surface area contributed by atoms with E-state index >= 15 is 0 Å². The minimum absolute atomic E-state index is 0.319. The van der Waals surface area contributed by atoms with Crippen molar-refractivity contribution in [1.82, 2.24) is 5.32 Å². The van der Waals surface area contributed by atoms with E-state index in [0.717, 1.165) is 25.0 Å². The van der Waals surface area contributed by atoms with Gasteiger partial charge in [-0.05, 0) is 26.0 Å². The van der Waals surface area contributed by atoms with E-state index in [1.807, 2.05) is 25.3 Å². The molecular weight excluding hydrogens is 222 g/mol. The summed E-state index contributed by atoms with van der Waals surface area (Å²) in [6, 6.07) is 8.49. The van der Waals surface area contributed by atoms with Crippen LogP contribution in [0.2, 0.25) is 0 Å². The normalized spacial score (nSPS) is 12.1. The van der Waals surface area contributed by atoms with E-state index < -0.39 is 0 Å². The third-order valence-electron chi connectivity index (χ3n) is 3.07. The first kappa shape index (κ1) is 12.7. The molecule has 2 heteroatoms. The lowest BCUT2D eigenvalue weighted by Crippen LogP contribution is -2.20. The summed E-state index contributed by atoms with van der Waals surface area (Å²) < 4.78 is 5.61. The van der Waals surface area contributed by atoms with Crippen molar-refractivity contribution in [2.75, 3.05) is 6.54 Å². The van der Waals surface area contributed by atoms with Crippen LogP contribution in [0.15, 0.2) is 34.9 Å². The molecule has 0 saturated heterocycles. The molecule has 0 saturated carbocycles. The first-order chi connectivity index (χ1) is 8.86. The Morgan fingerprint density at radius 1 is 1.33 bits per heavy atom. The van der Waals surface area contributed by atoms with Crippen LogP contribution in [0.1, 0.15) is 38.3 Å².